The molecule has 2 aliphatic rings. The van der Waals surface area contributed by atoms with Gasteiger partial charge < -0.3 is 4.74 Å². The molecule has 0 spiro atoms. The molecule has 2 rings (SSSR count). The summed E-state index contributed by atoms with van der Waals surface area (Å²) in [5, 5.41) is 6.22. The quantitative estimate of drug-likeness (QED) is 0.205. The second kappa shape index (κ2) is 9.76. The van der Waals surface area contributed by atoms with Crippen molar-refractivity contribution in [2.24, 2.45) is 10.2 Å². The van der Waals surface area contributed by atoms with Crippen LogP contribution in [-0.4, -0.2) is 53.1 Å². The summed E-state index contributed by atoms with van der Waals surface area (Å²) >= 11 is 0. The Bertz CT molecular complexity index is 1540. The molecule has 0 heterocycles. The molecule has 0 aromatic rings. The summed E-state index contributed by atoms with van der Waals surface area (Å²) in [5.41, 5.74) is 15.9. The summed E-state index contributed by atoms with van der Waals surface area (Å²) in [6, 6.07) is 0. The highest BCUT2D eigenvalue weighted by atomic mass is 32.2. The molecule has 15 nitrogen and oxygen atoms in total. The van der Waals surface area contributed by atoms with E-state index in [-0.39, 0.29) is 0 Å². The third kappa shape index (κ3) is 4.83. The van der Waals surface area contributed by atoms with Gasteiger partial charge in [-0.3, -0.25) is 0 Å². The molecule has 0 saturated carbocycles. The molecule has 0 radical (unpaired) electrons. The molecule has 0 fully saturated rings. The SMILES string of the molecule is [N-]=[N+]=NC1=C(OC2=C(N=[N+]=[N-])C(=S(=O)=O)C(=S(=O)=O)C=C2)C=CC(=S(=O)=O)C1=S(=O)=O. The lowest BCUT2D eigenvalue weighted by Crippen LogP contribution is -2.23. The monoisotopic (exact) mass is 504 g/mol. The molecule has 0 bridgehead atoms. The van der Waals surface area contributed by atoms with Crippen LogP contribution in [0.15, 0.2) is 57.4 Å². The molecule has 19 heteroatoms. The summed E-state index contributed by atoms with van der Waals surface area (Å²) in [6.07, 6.45) is 3.36. The van der Waals surface area contributed by atoms with Crippen LogP contribution in [0.1, 0.15) is 0 Å². The molecule has 0 atom stereocenters. The fraction of sp³-hybridized carbons (Fsp3) is 0. The molecular weight excluding hydrogens is 500 g/mol. The van der Waals surface area contributed by atoms with Crippen molar-refractivity contribution in [2.45, 2.75) is 0 Å². The van der Waals surface area contributed by atoms with Gasteiger partial charge >= 0.3 is 0 Å². The average Bonchev–Trinajstić information content (AvgIpc) is 2.69. The first kappa shape index (κ1) is 23.4. The molecule has 0 aromatic heterocycles. The zero-order valence-corrected chi connectivity index (χ0v) is 17.6. The van der Waals surface area contributed by atoms with Gasteiger partial charge in [-0.05, 0) is 35.4 Å². The van der Waals surface area contributed by atoms with E-state index in [0.717, 1.165) is 24.3 Å². The van der Waals surface area contributed by atoms with Crippen molar-refractivity contribution in [1.82, 2.24) is 0 Å². The van der Waals surface area contributed by atoms with Crippen LogP contribution in [0.2, 0.25) is 0 Å². The van der Waals surface area contributed by atoms with Crippen LogP contribution >= 0.6 is 0 Å². The van der Waals surface area contributed by atoms with Crippen molar-refractivity contribution in [3.05, 3.63) is 68.1 Å². The second-order valence-electron chi connectivity index (χ2n) is 4.90. The highest BCUT2D eigenvalue weighted by Crippen LogP contribution is 2.26. The van der Waals surface area contributed by atoms with Gasteiger partial charge in [-0.1, -0.05) is 10.2 Å². The second-order valence-corrected chi connectivity index (χ2v) is 8.47. The molecular formula is C12H4N6O9S4. The zero-order valence-electron chi connectivity index (χ0n) is 14.3. The summed E-state index contributed by atoms with van der Waals surface area (Å²) in [5.74, 6) is -1.14. The summed E-state index contributed by atoms with van der Waals surface area (Å²) in [4.78, 5) is 1.41. The van der Waals surface area contributed by atoms with Gasteiger partial charge in [-0.2, -0.15) is 33.7 Å². The van der Waals surface area contributed by atoms with Crippen LogP contribution in [0.3, 0.4) is 0 Å². The third-order valence-electron chi connectivity index (χ3n) is 3.32. The molecule has 0 aliphatic heterocycles. The minimum absolute atomic E-state index is 0.570. The van der Waals surface area contributed by atoms with Gasteiger partial charge in [0.1, 0.15) is 42.4 Å². The van der Waals surface area contributed by atoms with Crippen molar-refractivity contribution in [3.63, 3.8) is 0 Å². The third-order valence-corrected chi connectivity index (χ3v) is 6.47. The van der Waals surface area contributed by atoms with Gasteiger partial charge in [0.15, 0.2) is 0 Å². The van der Waals surface area contributed by atoms with E-state index < -0.39 is 83.5 Å². The number of hydrogen-bond donors (Lipinski definition) is 0. The summed E-state index contributed by atoms with van der Waals surface area (Å²) in [7, 11) is -12.6. The Morgan fingerprint density at radius 3 is 1.23 bits per heavy atom. The predicted molar refractivity (Wildman–Crippen MR) is 107 cm³/mol. The van der Waals surface area contributed by atoms with E-state index in [0.29, 0.717) is 0 Å². The Labute approximate surface area is 177 Å². The van der Waals surface area contributed by atoms with E-state index in [2.05, 4.69) is 20.1 Å². The Hall–Kier alpha value is -3.86. The summed E-state index contributed by atoms with van der Waals surface area (Å²) in [6.45, 7) is 0. The number of ether oxygens (including phenoxy) is 1. The Morgan fingerprint density at radius 2 is 0.968 bits per heavy atom. The van der Waals surface area contributed by atoms with E-state index in [9.17, 15) is 33.7 Å². The lowest BCUT2D eigenvalue weighted by Gasteiger charge is -2.18. The Morgan fingerprint density at radius 1 is 0.613 bits per heavy atom. The van der Waals surface area contributed by atoms with Crippen LogP contribution in [0.25, 0.3) is 20.9 Å². The fourth-order valence-electron chi connectivity index (χ4n) is 2.22. The molecule has 0 amide bonds. The van der Waals surface area contributed by atoms with Crippen LogP contribution < -0.4 is 0 Å². The fourth-order valence-corrected chi connectivity index (χ4v) is 4.95. The van der Waals surface area contributed by atoms with E-state index in [1.54, 1.807) is 0 Å². The Kier molecular flexibility index (Phi) is 7.37. The maximum atomic E-state index is 11.5. The first-order valence-corrected chi connectivity index (χ1v) is 11.4. The van der Waals surface area contributed by atoms with Crippen molar-refractivity contribution in [1.29, 1.82) is 0 Å². The lowest BCUT2D eigenvalue weighted by molar-refractivity contribution is 0.329. The van der Waals surface area contributed by atoms with Crippen LogP contribution in [0.4, 0.5) is 0 Å². The Balaban J connectivity index is 2.93. The standard InChI is InChI=1S/C12H4N6O9S4/c13-17-15-9-5(1-3-7(28(19)20)11(9)30(23)24)27-6-2-4-8(29(21)22)12(31(25)26)10(6)16-18-14/h1-4H. The van der Waals surface area contributed by atoms with Crippen LogP contribution in [0, 0.1) is 0 Å². The van der Waals surface area contributed by atoms with Crippen molar-refractivity contribution in [3.8, 4) is 0 Å². The first-order valence-electron chi connectivity index (χ1n) is 7.13. The van der Waals surface area contributed by atoms with Gasteiger partial charge in [0, 0.05) is 9.82 Å². The molecule has 160 valence electrons. The van der Waals surface area contributed by atoms with Crippen molar-refractivity contribution >= 4 is 60.6 Å². The highest BCUT2D eigenvalue weighted by Gasteiger charge is 2.28. The zero-order chi connectivity index (χ0) is 23.3. The molecule has 31 heavy (non-hydrogen) atoms. The molecule has 0 aromatic carbocycles. The van der Waals surface area contributed by atoms with Crippen molar-refractivity contribution < 1.29 is 38.4 Å². The van der Waals surface area contributed by atoms with Crippen LogP contribution in [-0.2, 0) is 45.9 Å². The largest absolute Gasteiger partial charge is 0.456 e. The lowest BCUT2D eigenvalue weighted by atomic mass is 10.1. The predicted octanol–water partition coefficient (Wildman–Crippen LogP) is -0.608. The van der Waals surface area contributed by atoms with E-state index in [1.807, 2.05) is 0 Å². The number of azide groups is 2. The van der Waals surface area contributed by atoms with Gasteiger partial charge in [0.2, 0.25) is 41.2 Å². The number of hydrogen-bond acceptors (Lipinski definition) is 11. The van der Waals surface area contributed by atoms with Crippen molar-refractivity contribution in [2.75, 3.05) is 0 Å². The first-order chi connectivity index (χ1) is 14.6. The average molecular weight is 504 g/mol. The van der Waals surface area contributed by atoms with Gasteiger partial charge in [0.05, 0.1) is 0 Å². The maximum absolute atomic E-state index is 11.5. The smallest absolute Gasteiger partial charge is 0.223 e. The minimum atomic E-state index is -3.22. The highest BCUT2D eigenvalue weighted by molar-refractivity contribution is 7.83. The molecule has 0 N–H and O–H groups in total. The maximum Gasteiger partial charge on any atom is 0.223 e. The molecule has 0 unspecified atom stereocenters. The number of allylic oxidation sites excluding steroid dienone is 6. The minimum Gasteiger partial charge on any atom is -0.456 e. The van der Waals surface area contributed by atoms with Gasteiger partial charge in [0.25, 0.3) is 0 Å². The molecule has 2 aliphatic carbocycles. The van der Waals surface area contributed by atoms with Gasteiger partial charge in [-0.15, -0.1) is 0 Å². The number of nitrogens with zero attached hydrogens (tertiary/aromatic N) is 6. The van der Waals surface area contributed by atoms with E-state index >= 15 is 0 Å². The topological polar surface area (TPSA) is 243 Å². The van der Waals surface area contributed by atoms with E-state index in [1.165, 1.54) is 0 Å². The van der Waals surface area contributed by atoms with Gasteiger partial charge in [-0.25, -0.2) is 0 Å². The van der Waals surface area contributed by atoms with E-state index in [4.69, 9.17) is 15.8 Å². The van der Waals surface area contributed by atoms with Crippen LogP contribution in [0.5, 0.6) is 0 Å². The normalized spacial score (nSPS) is 15.4. The summed E-state index contributed by atoms with van der Waals surface area (Å²) < 4.78 is 96.6. The number of rotatable bonds is 4. The molecule has 0 saturated heterocycles.